The second-order valence-electron chi connectivity index (χ2n) is 4.86. The molecule has 0 aliphatic carbocycles. The number of allylic oxidation sites excluding steroid dienone is 6. The lowest BCUT2D eigenvalue weighted by Crippen LogP contribution is -2.00. The minimum absolute atomic E-state index is 0.933. The Morgan fingerprint density at radius 2 is 1.59 bits per heavy atom. The van der Waals surface area contributed by atoms with E-state index in [2.05, 4.69) is 38.8 Å². The van der Waals surface area contributed by atoms with Gasteiger partial charge >= 0.3 is 0 Å². The summed E-state index contributed by atoms with van der Waals surface area (Å²) in [6.45, 7) is 17.9. The highest BCUT2D eigenvalue weighted by Gasteiger charge is 2.17. The predicted molar refractivity (Wildman–Crippen MR) is 106 cm³/mol. The van der Waals surface area contributed by atoms with Crippen molar-refractivity contribution in [1.82, 2.24) is 0 Å². The average molecular weight is 308 g/mol. The van der Waals surface area contributed by atoms with Crippen molar-refractivity contribution >= 4 is 36.4 Å². The summed E-state index contributed by atoms with van der Waals surface area (Å²) >= 11 is 4.71. The van der Waals surface area contributed by atoms with E-state index in [9.17, 15) is 0 Å². The molecule has 0 unspecified atom stereocenters. The van der Waals surface area contributed by atoms with E-state index in [1.807, 2.05) is 44.2 Å². The Morgan fingerprint density at radius 3 is 2.05 bits per heavy atom. The van der Waals surface area contributed by atoms with Gasteiger partial charge in [-0.15, -0.1) is 12.6 Å². The number of benzene rings is 1. The van der Waals surface area contributed by atoms with Gasteiger partial charge in [0.05, 0.1) is 0 Å². The molecule has 0 atom stereocenters. The zero-order valence-electron chi connectivity index (χ0n) is 13.7. The molecule has 22 heavy (non-hydrogen) atoms. The van der Waals surface area contributed by atoms with Gasteiger partial charge in [0.1, 0.15) is 0 Å². The molecule has 0 aromatic heterocycles. The molecule has 0 nitrogen and oxygen atoms in total. The van der Waals surface area contributed by atoms with Crippen LogP contribution in [0, 0.1) is 6.92 Å². The first-order chi connectivity index (χ1) is 10.6. The van der Waals surface area contributed by atoms with Crippen LogP contribution in [0.3, 0.4) is 0 Å². The van der Waals surface area contributed by atoms with Crippen molar-refractivity contribution in [2.75, 3.05) is 0 Å². The molecule has 0 aliphatic heterocycles. The maximum absolute atomic E-state index is 4.71. The summed E-state index contributed by atoms with van der Waals surface area (Å²) < 4.78 is 0. The van der Waals surface area contributed by atoms with Gasteiger partial charge in [-0.2, -0.15) is 0 Å². The summed E-state index contributed by atoms with van der Waals surface area (Å²) in [7, 11) is 0. The third kappa shape index (κ3) is 3.42. The van der Waals surface area contributed by atoms with Crippen molar-refractivity contribution in [1.29, 1.82) is 0 Å². The lowest BCUT2D eigenvalue weighted by atomic mass is 9.87. The van der Waals surface area contributed by atoms with Crippen molar-refractivity contribution in [3.05, 3.63) is 77.9 Å². The lowest BCUT2D eigenvalue weighted by molar-refractivity contribution is 1.28. The van der Waals surface area contributed by atoms with E-state index in [1.54, 1.807) is 6.08 Å². The van der Waals surface area contributed by atoms with Crippen molar-refractivity contribution in [3.8, 4) is 0 Å². The largest absolute Gasteiger partial charge is 0.142 e. The molecule has 0 amide bonds. The van der Waals surface area contributed by atoms with Crippen LogP contribution in [0.15, 0.2) is 55.0 Å². The van der Waals surface area contributed by atoms with Crippen LogP contribution in [-0.4, -0.2) is 0 Å². The van der Waals surface area contributed by atoms with Crippen LogP contribution >= 0.6 is 12.6 Å². The Kier molecular flexibility index (Phi) is 6.94. The van der Waals surface area contributed by atoms with Gasteiger partial charge in [0, 0.05) is 4.90 Å². The highest BCUT2D eigenvalue weighted by molar-refractivity contribution is 7.80. The van der Waals surface area contributed by atoms with Gasteiger partial charge in [-0.1, -0.05) is 68.3 Å². The predicted octanol–water partition coefficient (Wildman–Crippen LogP) is 6.75. The number of rotatable bonds is 6. The molecule has 1 aromatic rings. The molecule has 1 rings (SSSR count). The molecule has 114 valence electrons. The summed E-state index contributed by atoms with van der Waals surface area (Å²) in [6.07, 6.45) is 15.8. The quantitative estimate of drug-likeness (QED) is 0.436. The standard InChI is InChI=1S/C21H24S/c1-7-12-16(13-8-2)20-15(6)19(14-9-3)21(22)18(11-5)17(20)10-4/h7-14,22H,1,4-5H2,2-3,6H3/b13-8-,14-9-,16-12+. The fourth-order valence-corrected chi connectivity index (χ4v) is 3.07. The molecule has 0 saturated carbocycles. The Morgan fingerprint density at radius 1 is 0.955 bits per heavy atom. The molecular formula is C21H24S. The van der Waals surface area contributed by atoms with Crippen molar-refractivity contribution in [2.45, 2.75) is 25.7 Å². The normalized spacial score (nSPS) is 12.1. The molecule has 1 aromatic carbocycles. The zero-order chi connectivity index (χ0) is 16.7. The van der Waals surface area contributed by atoms with E-state index in [1.165, 1.54) is 5.56 Å². The average Bonchev–Trinajstić information content (AvgIpc) is 2.51. The SMILES string of the molecule is C=C/C=C(\C=C/C)c1c(C)c(/C=C\C)c(S)c(C=C)c1C=C. The van der Waals surface area contributed by atoms with Gasteiger partial charge in [-0.25, -0.2) is 0 Å². The van der Waals surface area contributed by atoms with Gasteiger partial charge in [-0.3, -0.25) is 0 Å². The third-order valence-corrected chi connectivity index (χ3v) is 4.00. The Hall–Kier alpha value is -1.99. The minimum Gasteiger partial charge on any atom is -0.142 e. The van der Waals surface area contributed by atoms with Crippen LogP contribution in [0.5, 0.6) is 0 Å². The monoisotopic (exact) mass is 308 g/mol. The number of thiol groups is 1. The smallest absolute Gasteiger partial charge is 0.0194 e. The van der Waals surface area contributed by atoms with Crippen LogP contribution in [0.2, 0.25) is 0 Å². The van der Waals surface area contributed by atoms with E-state index in [0.29, 0.717) is 0 Å². The van der Waals surface area contributed by atoms with E-state index in [0.717, 1.165) is 32.7 Å². The van der Waals surface area contributed by atoms with Gasteiger partial charge in [0.25, 0.3) is 0 Å². The molecule has 0 aliphatic rings. The van der Waals surface area contributed by atoms with Crippen LogP contribution in [0.1, 0.15) is 41.7 Å². The number of hydrogen-bond donors (Lipinski definition) is 1. The third-order valence-electron chi connectivity index (χ3n) is 3.52. The molecular weight excluding hydrogens is 284 g/mol. The first kappa shape index (κ1) is 18.1. The number of hydrogen-bond acceptors (Lipinski definition) is 1. The first-order valence-electron chi connectivity index (χ1n) is 7.30. The summed E-state index contributed by atoms with van der Waals surface area (Å²) in [4.78, 5) is 0.933. The van der Waals surface area contributed by atoms with Crippen LogP contribution in [0.4, 0.5) is 0 Å². The second-order valence-corrected chi connectivity index (χ2v) is 5.30. The second kappa shape index (κ2) is 8.45. The molecule has 0 radical (unpaired) electrons. The Balaban J connectivity index is 4.01. The Labute approximate surface area is 140 Å². The van der Waals surface area contributed by atoms with E-state index < -0.39 is 0 Å². The molecule has 0 saturated heterocycles. The molecule has 0 bridgehead atoms. The molecule has 1 heteroatoms. The maximum Gasteiger partial charge on any atom is 0.0194 e. The Bertz CT molecular complexity index is 683. The summed E-state index contributed by atoms with van der Waals surface area (Å²) in [5, 5.41) is 0. The van der Waals surface area contributed by atoms with Gasteiger partial charge in [0.2, 0.25) is 0 Å². The van der Waals surface area contributed by atoms with Crippen molar-refractivity contribution in [2.24, 2.45) is 0 Å². The molecule has 0 spiro atoms. The summed E-state index contributed by atoms with van der Waals surface area (Å²) in [5.41, 5.74) is 6.60. The van der Waals surface area contributed by atoms with Crippen LogP contribution < -0.4 is 0 Å². The summed E-state index contributed by atoms with van der Waals surface area (Å²) in [5.74, 6) is 0. The van der Waals surface area contributed by atoms with E-state index in [-0.39, 0.29) is 0 Å². The maximum atomic E-state index is 4.71. The van der Waals surface area contributed by atoms with Gasteiger partial charge in [-0.05, 0) is 54.2 Å². The van der Waals surface area contributed by atoms with E-state index >= 15 is 0 Å². The van der Waals surface area contributed by atoms with Gasteiger partial charge < -0.3 is 0 Å². The van der Waals surface area contributed by atoms with Gasteiger partial charge in [0.15, 0.2) is 0 Å². The highest BCUT2D eigenvalue weighted by atomic mass is 32.1. The fraction of sp³-hybridized carbons (Fsp3) is 0.143. The lowest BCUT2D eigenvalue weighted by Gasteiger charge is -2.20. The topological polar surface area (TPSA) is 0 Å². The molecule has 0 N–H and O–H groups in total. The highest BCUT2D eigenvalue weighted by Crippen LogP contribution is 2.37. The van der Waals surface area contributed by atoms with Crippen LogP contribution in [-0.2, 0) is 0 Å². The van der Waals surface area contributed by atoms with Crippen LogP contribution in [0.25, 0.3) is 23.8 Å². The summed E-state index contributed by atoms with van der Waals surface area (Å²) in [6, 6.07) is 0. The molecule has 0 heterocycles. The fourth-order valence-electron chi connectivity index (χ4n) is 2.61. The van der Waals surface area contributed by atoms with Crippen molar-refractivity contribution in [3.63, 3.8) is 0 Å². The first-order valence-corrected chi connectivity index (χ1v) is 7.74. The van der Waals surface area contributed by atoms with Crippen molar-refractivity contribution < 1.29 is 0 Å². The molecule has 0 fully saturated rings. The zero-order valence-corrected chi connectivity index (χ0v) is 14.6. The minimum atomic E-state index is 0.933. The van der Waals surface area contributed by atoms with E-state index in [4.69, 9.17) is 12.6 Å².